The highest BCUT2D eigenvalue weighted by Crippen LogP contribution is 2.11. The molecule has 0 unspecified atom stereocenters. The summed E-state index contributed by atoms with van der Waals surface area (Å²) >= 11 is 0. The fraction of sp³-hybridized carbons (Fsp3) is 0.0714. The molecule has 1 heterocycles. The lowest BCUT2D eigenvalue weighted by atomic mass is 10.2. The number of anilines is 1. The Balaban J connectivity index is 2.12. The molecule has 1 amide bonds. The lowest BCUT2D eigenvalue weighted by molar-refractivity contribution is 0.0600. The molecular formula is C14H12N2O4. The second-order valence-electron chi connectivity index (χ2n) is 3.96. The SMILES string of the molecule is COC(=O)c1ccc(NC(=O)c2cc(=O)cc[nH]2)cc1. The van der Waals surface area contributed by atoms with Gasteiger partial charge in [0.25, 0.3) is 5.91 Å². The van der Waals surface area contributed by atoms with Gasteiger partial charge in [0.2, 0.25) is 0 Å². The molecule has 0 atom stereocenters. The fourth-order valence-corrected chi connectivity index (χ4v) is 1.58. The number of pyridine rings is 1. The van der Waals surface area contributed by atoms with Crippen LogP contribution in [0.15, 0.2) is 47.4 Å². The summed E-state index contributed by atoms with van der Waals surface area (Å²) in [5.41, 5.74) is 0.801. The predicted molar refractivity (Wildman–Crippen MR) is 72.8 cm³/mol. The van der Waals surface area contributed by atoms with Crippen LogP contribution in [0.3, 0.4) is 0 Å². The Morgan fingerprint density at radius 2 is 1.85 bits per heavy atom. The third-order valence-corrected chi connectivity index (χ3v) is 2.58. The zero-order chi connectivity index (χ0) is 14.5. The molecule has 2 aromatic rings. The number of ether oxygens (including phenoxy) is 1. The molecule has 102 valence electrons. The first kappa shape index (κ1) is 13.5. The molecule has 0 spiro atoms. The zero-order valence-electron chi connectivity index (χ0n) is 10.7. The molecule has 0 aliphatic rings. The van der Waals surface area contributed by atoms with Crippen LogP contribution in [0.25, 0.3) is 0 Å². The van der Waals surface area contributed by atoms with E-state index in [0.717, 1.165) is 0 Å². The molecule has 6 heteroatoms. The van der Waals surface area contributed by atoms with Gasteiger partial charge in [-0.1, -0.05) is 0 Å². The molecule has 0 bridgehead atoms. The van der Waals surface area contributed by atoms with Crippen LogP contribution in [0.4, 0.5) is 5.69 Å². The summed E-state index contributed by atoms with van der Waals surface area (Å²) in [5, 5.41) is 2.61. The van der Waals surface area contributed by atoms with Crippen molar-refractivity contribution in [3.63, 3.8) is 0 Å². The smallest absolute Gasteiger partial charge is 0.337 e. The minimum absolute atomic E-state index is 0.162. The summed E-state index contributed by atoms with van der Waals surface area (Å²) in [5.74, 6) is -0.885. The normalized spacial score (nSPS) is 9.85. The number of amides is 1. The number of aromatic nitrogens is 1. The van der Waals surface area contributed by atoms with E-state index in [9.17, 15) is 14.4 Å². The van der Waals surface area contributed by atoms with Crippen molar-refractivity contribution in [3.05, 3.63) is 64.1 Å². The lowest BCUT2D eigenvalue weighted by Gasteiger charge is -2.05. The Morgan fingerprint density at radius 3 is 2.45 bits per heavy atom. The third kappa shape index (κ3) is 3.11. The van der Waals surface area contributed by atoms with Gasteiger partial charge >= 0.3 is 5.97 Å². The van der Waals surface area contributed by atoms with Crippen LogP contribution in [0.2, 0.25) is 0 Å². The molecule has 2 N–H and O–H groups in total. The van der Waals surface area contributed by atoms with E-state index >= 15 is 0 Å². The summed E-state index contributed by atoms with van der Waals surface area (Å²) in [6.45, 7) is 0. The molecule has 0 aliphatic carbocycles. The maximum Gasteiger partial charge on any atom is 0.337 e. The first-order chi connectivity index (χ1) is 9.60. The minimum atomic E-state index is -0.449. The van der Waals surface area contributed by atoms with Crippen molar-refractivity contribution in [2.75, 3.05) is 12.4 Å². The van der Waals surface area contributed by atoms with Gasteiger partial charge in [-0.25, -0.2) is 4.79 Å². The van der Waals surface area contributed by atoms with E-state index in [1.165, 1.54) is 37.6 Å². The van der Waals surface area contributed by atoms with Gasteiger partial charge in [0.15, 0.2) is 5.43 Å². The minimum Gasteiger partial charge on any atom is -0.465 e. The van der Waals surface area contributed by atoms with Crippen LogP contribution < -0.4 is 10.7 Å². The molecule has 0 fully saturated rings. The van der Waals surface area contributed by atoms with Crippen molar-refractivity contribution in [1.29, 1.82) is 0 Å². The van der Waals surface area contributed by atoms with E-state index in [-0.39, 0.29) is 11.1 Å². The van der Waals surface area contributed by atoms with Crippen LogP contribution in [0.1, 0.15) is 20.8 Å². The number of nitrogens with one attached hydrogen (secondary N) is 2. The molecule has 6 nitrogen and oxygen atoms in total. The van der Waals surface area contributed by atoms with E-state index < -0.39 is 11.9 Å². The average molecular weight is 272 g/mol. The second kappa shape index (κ2) is 5.83. The first-order valence-electron chi connectivity index (χ1n) is 5.78. The summed E-state index contributed by atoms with van der Waals surface area (Å²) < 4.78 is 4.57. The van der Waals surface area contributed by atoms with E-state index in [1.807, 2.05) is 0 Å². The number of hydrogen-bond donors (Lipinski definition) is 2. The number of hydrogen-bond acceptors (Lipinski definition) is 4. The Bertz CT molecular complexity index is 689. The number of benzene rings is 1. The van der Waals surface area contributed by atoms with E-state index in [4.69, 9.17) is 0 Å². The number of rotatable bonds is 3. The van der Waals surface area contributed by atoms with E-state index in [1.54, 1.807) is 12.1 Å². The monoisotopic (exact) mass is 272 g/mol. The zero-order valence-corrected chi connectivity index (χ0v) is 10.7. The average Bonchev–Trinajstić information content (AvgIpc) is 2.47. The van der Waals surface area contributed by atoms with Gasteiger partial charge in [-0.15, -0.1) is 0 Å². The van der Waals surface area contributed by atoms with Crippen molar-refractivity contribution < 1.29 is 14.3 Å². The van der Waals surface area contributed by atoms with Gasteiger partial charge in [-0.3, -0.25) is 9.59 Å². The standard InChI is InChI=1S/C14H12N2O4/c1-20-14(19)9-2-4-10(5-3-9)16-13(18)12-8-11(17)6-7-15-12/h2-8H,1H3,(H,15,17)(H,16,18). The maximum absolute atomic E-state index is 11.9. The maximum atomic E-state index is 11.9. The van der Waals surface area contributed by atoms with Crippen molar-refractivity contribution in [3.8, 4) is 0 Å². The van der Waals surface area contributed by atoms with Gasteiger partial charge < -0.3 is 15.0 Å². The molecule has 0 aliphatic heterocycles. The van der Waals surface area contributed by atoms with Crippen LogP contribution in [0, 0.1) is 0 Å². The highest BCUT2D eigenvalue weighted by atomic mass is 16.5. The summed E-state index contributed by atoms with van der Waals surface area (Å²) in [6, 6.07) is 8.75. The van der Waals surface area contributed by atoms with Crippen LogP contribution in [-0.2, 0) is 4.74 Å². The van der Waals surface area contributed by atoms with Crippen LogP contribution >= 0.6 is 0 Å². The molecule has 1 aromatic heterocycles. The molecular weight excluding hydrogens is 260 g/mol. The quantitative estimate of drug-likeness (QED) is 0.827. The van der Waals surface area contributed by atoms with Gasteiger partial charge in [0.1, 0.15) is 5.69 Å². The summed E-state index contributed by atoms with van der Waals surface area (Å²) in [7, 11) is 1.30. The predicted octanol–water partition coefficient (Wildman–Crippen LogP) is 1.41. The Labute approximate surface area is 114 Å². The molecule has 0 radical (unpaired) electrons. The van der Waals surface area contributed by atoms with Crippen LogP contribution in [0.5, 0.6) is 0 Å². The number of methoxy groups -OCH3 is 1. The third-order valence-electron chi connectivity index (χ3n) is 2.58. The second-order valence-corrected chi connectivity index (χ2v) is 3.96. The highest BCUT2D eigenvalue weighted by Gasteiger charge is 2.08. The Hall–Kier alpha value is -2.89. The van der Waals surface area contributed by atoms with Crippen molar-refractivity contribution in [2.45, 2.75) is 0 Å². The molecule has 20 heavy (non-hydrogen) atoms. The van der Waals surface area contributed by atoms with E-state index in [2.05, 4.69) is 15.0 Å². The van der Waals surface area contributed by atoms with Crippen molar-refractivity contribution in [1.82, 2.24) is 4.98 Å². The fourth-order valence-electron chi connectivity index (χ4n) is 1.58. The number of H-pyrrole nitrogens is 1. The lowest BCUT2D eigenvalue weighted by Crippen LogP contribution is -2.16. The molecule has 2 rings (SSSR count). The van der Waals surface area contributed by atoms with Crippen LogP contribution in [-0.4, -0.2) is 24.0 Å². The highest BCUT2D eigenvalue weighted by molar-refractivity contribution is 6.03. The van der Waals surface area contributed by atoms with Gasteiger partial charge in [0.05, 0.1) is 12.7 Å². The summed E-state index contributed by atoms with van der Waals surface area (Å²) in [4.78, 5) is 37.0. The number of carbonyl (C=O) groups excluding carboxylic acids is 2. The van der Waals surface area contributed by atoms with Gasteiger partial charge in [-0.05, 0) is 24.3 Å². The summed E-state index contributed by atoms with van der Waals surface area (Å²) in [6.07, 6.45) is 1.40. The molecule has 0 saturated carbocycles. The first-order valence-corrected chi connectivity index (χ1v) is 5.78. The number of carbonyl (C=O) groups is 2. The largest absolute Gasteiger partial charge is 0.465 e. The number of aromatic amines is 1. The Kier molecular flexibility index (Phi) is 3.95. The van der Waals surface area contributed by atoms with Gasteiger partial charge in [0, 0.05) is 24.0 Å². The number of esters is 1. The topological polar surface area (TPSA) is 88.3 Å². The van der Waals surface area contributed by atoms with Crippen molar-refractivity contribution >= 4 is 17.6 Å². The molecule has 1 aromatic carbocycles. The Morgan fingerprint density at radius 1 is 1.15 bits per heavy atom. The van der Waals surface area contributed by atoms with E-state index in [0.29, 0.717) is 11.3 Å². The van der Waals surface area contributed by atoms with Crippen molar-refractivity contribution in [2.24, 2.45) is 0 Å². The van der Waals surface area contributed by atoms with Gasteiger partial charge in [-0.2, -0.15) is 0 Å². The molecule has 0 saturated heterocycles.